The van der Waals surface area contributed by atoms with E-state index in [4.69, 9.17) is 11.5 Å². The summed E-state index contributed by atoms with van der Waals surface area (Å²) in [5.41, 5.74) is 11.0. The summed E-state index contributed by atoms with van der Waals surface area (Å²) in [6.07, 6.45) is 1.61. The molecule has 3 heterocycles. The molecule has 1 amide bonds. The predicted octanol–water partition coefficient (Wildman–Crippen LogP) is 0.558. The predicted molar refractivity (Wildman–Crippen MR) is 67.5 cm³/mol. The van der Waals surface area contributed by atoms with Gasteiger partial charge in [0.15, 0.2) is 5.82 Å². The van der Waals surface area contributed by atoms with Crippen LogP contribution in [-0.2, 0) is 0 Å². The summed E-state index contributed by atoms with van der Waals surface area (Å²) in [5, 5.41) is 6.77. The molecule has 0 saturated carbocycles. The number of carbonyl (C=O) groups is 1. The van der Waals surface area contributed by atoms with Crippen molar-refractivity contribution in [3.8, 4) is 5.82 Å². The molecule has 0 radical (unpaired) electrons. The van der Waals surface area contributed by atoms with Gasteiger partial charge in [-0.2, -0.15) is 10.1 Å². The maximum Gasteiger partial charge on any atom is 0.269 e. The van der Waals surface area contributed by atoms with Crippen molar-refractivity contribution in [2.24, 2.45) is 5.73 Å². The number of carbonyl (C=O) groups excluding carboxylic acids is 1. The Bertz CT molecular complexity index is 746. The van der Waals surface area contributed by atoms with Crippen LogP contribution in [0.5, 0.6) is 0 Å². The third kappa shape index (κ3) is 1.59. The van der Waals surface area contributed by atoms with Crippen LogP contribution < -0.4 is 11.5 Å². The fourth-order valence-corrected chi connectivity index (χ4v) is 2.37. The Morgan fingerprint density at radius 1 is 1.33 bits per heavy atom. The number of thiophene rings is 1. The monoisotopic (exact) mass is 260 g/mol. The van der Waals surface area contributed by atoms with E-state index >= 15 is 0 Å². The highest BCUT2D eigenvalue weighted by Crippen LogP contribution is 2.24. The Morgan fingerprint density at radius 3 is 2.89 bits per heavy atom. The quantitative estimate of drug-likeness (QED) is 0.699. The number of nitrogen functional groups attached to an aromatic ring is 1. The van der Waals surface area contributed by atoms with E-state index in [0.29, 0.717) is 5.82 Å². The van der Waals surface area contributed by atoms with Gasteiger partial charge < -0.3 is 11.5 Å². The van der Waals surface area contributed by atoms with E-state index in [1.54, 1.807) is 6.20 Å². The standard InChI is InChI=1S/C10H8N6OS/c11-7(17)6-1-3-16(15-6)8-5-2-4-18-9(5)14-10(12)13-8/h1-4H,(H2,11,17)(H2,12,13,14). The largest absolute Gasteiger partial charge is 0.368 e. The molecular weight excluding hydrogens is 252 g/mol. The van der Waals surface area contributed by atoms with Gasteiger partial charge in [0, 0.05) is 6.20 Å². The molecule has 0 bridgehead atoms. The first-order valence-electron chi connectivity index (χ1n) is 5.02. The molecule has 0 aliphatic heterocycles. The molecule has 3 aromatic heterocycles. The van der Waals surface area contributed by atoms with Crippen molar-refractivity contribution < 1.29 is 4.79 Å². The lowest BCUT2D eigenvalue weighted by molar-refractivity contribution is 0.0995. The number of hydrogen-bond acceptors (Lipinski definition) is 6. The Balaban J connectivity index is 2.23. The van der Waals surface area contributed by atoms with Gasteiger partial charge in [0.05, 0.1) is 5.39 Å². The number of nitrogens with two attached hydrogens (primary N) is 2. The number of primary amides is 1. The molecule has 90 valence electrons. The van der Waals surface area contributed by atoms with Crippen LogP contribution in [0.1, 0.15) is 10.5 Å². The molecule has 8 heteroatoms. The van der Waals surface area contributed by atoms with Gasteiger partial charge >= 0.3 is 0 Å². The number of fused-ring (bicyclic) bond motifs is 1. The number of hydrogen-bond donors (Lipinski definition) is 2. The summed E-state index contributed by atoms with van der Waals surface area (Å²) in [7, 11) is 0. The number of anilines is 1. The van der Waals surface area contributed by atoms with Gasteiger partial charge in [0.1, 0.15) is 10.5 Å². The third-order valence-electron chi connectivity index (χ3n) is 2.38. The highest BCUT2D eigenvalue weighted by atomic mass is 32.1. The molecule has 3 aromatic rings. The van der Waals surface area contributed by atoms with E-state index in [0.717, 1.165) is 10.2 Å². The number of rotatable bonds is 2. The van der Waals surface area contributed by atoms with E-state index in [9.17, 15) is 4.79 Å². The minimum absolute atomic E-state index is 0.163. The Morgan fingerprint density at radius 2 is 2.17 bits per heavy atom. The van der Waals surface area contributed by atoms with Crippen LogP contribution in [0.2, 0.25) is 0 Å². The number of amides is 1. The average Bonchev–Trinajstić information content (AvgIpc) is 2.95. The van der Waals surface area contributed by atoms with Crippen molar-refractivity contribution in [2.75, 3.05) is 5.73 Å². The SMILES string of the molecule is NC(=O)c1ccn(-c2nc(N)nc3sccc23)n1. The molecule has 7 nitrogen and oxygen atoms in total. The Labute approximate surface area is 105 Å². The average molecular weight is 260 g/mol. The second-order valence-electron chi connectivity index (χ2n) is 3.55. The van der Waals surface area contributed by atoms with E-state index in [2.05, 4.69) is 15.1 Å². The molecule has 0 aromatic carbocycles. The third-order valence-corrected chi connectivity index (χ3v) is 3.19. The fraction of sp³-hybridized carbons (Fsp3) is 0. The molecule has 0 spiro atoms. The van der Waals surface area contributed by atoms with Gasteiger partial charge in [-0.05, 0) is 17.5 Å². The van der Waals surface area contributed by atoms with Crippen molar-refractivity contribution >= 4 is 33.4 Å². The molecule has 0 saturated heterocycles. The zero-order chi connectivity index (χ0) is 12.7. The minimum atomic E-state index is -0.586. The molecule has 0 aliphatic carbocycles. The van der Waals surface area contributed by atoms with E-state index in [-0.39, 0.29) is 11.6 Å². The lowest BCUT2D eigenvalue weighted by atomic mass is 10.4. The van der Waals surface area contributed by atoms with Crippen LogP contribution in [0.15, 0.2) is 23.7 Å². The first kappa shape index (κ1) is 10.7. The highest BCUT2D eigenvalue weighted by Gasteiger charge is 2.12. The molecule has 4 N–H and O–H groups in total. The van der Waals surface area contributed by atoms with Crippen molar-refractivity contribution in [3.05, 3.63) is 29.4 Å². The second-order valence-corrected chi connectivity index (χ2v) is 4.45. The molecule has 18 heavy (non-hydrogen) atoms. The van der Waals surface area contributed by atoms with Crippen LogP contribution in [-0.4, -0.2) is 25.7 Å². The normalized spacial score (nSPS) is 10.9. The fourth-order valence-electron chi connectivity index (χ4n) is 1.60. The van der Waals surface area contributed by atoms with Crippen molar-refractivity contribution in [1.82, 2.24) is 19.7 Å². The zero-order valence-electron chi connectivity index (χ0n) is 9.07. The molecule has 0 aliphatic rings. The lowest BCUT2D eigenvalue weighted by Gasteiger charge is -2.02. The number of nitrogens with zero attached hydrogens (tertiary/aromatic N) is 4. The highest BCUT2D eigenvalue weighted by molar-refractivity contribution is 7.16. The van der Waals surface area contributed by atoms with E-state index in [1.807, 2.05) is 11.4 Å². The summed E-state index contributed by atoms with van der Waals surface area (Å²) in [6, 6.07) is 3.40. The van der Waals surface area contributed by atoms with Crippen LogP contribution in [0, 0.1) is 0 Å². The first-order chi connectivity index (χ1) is 8.65. The Kier molecular flexibility index (Phi) is 2.23. The van der Waals surface area contributed by atoms with Gasteiger partial charge in [-0.1, -0.05) is 0 Å². The van der Waals surface area contributed by atoms with Crippen LogP contribution in [0.4, 0.5) is 5.95 Å². The van der Waals surface area contributed by atoms with Crippen molar-refractivity contribution in [3.63, 3.8) is 0 Å². The maximum absolute atomic E-state index is 11.0. The summed E-state index contributed by atoms with van der Waals surface area (Å²) in [4.78, 5) is 20.0. The zero-order valence-corrected chi connectivity index (χ0v) is 9.89. The molecule has 0 unspecified atom stereocenters. The van der Waals surface area contributed by atoms with Gasteiger partial charge in [-0.25, -0.2) is 9.67 Å². The lowest BCUT2D eigenvalue weighted by Crippen LogP contribution is -2.12. The Hall–Kier alpha value is -2.48. The topological polar surface area (TPSA) is 113 Å². The van der Waals surface area contributed by atoms with Gasteiger partial charge in [-0.3, -0.25) is 4.79 Å². The number of aromatic nitrogens is 4. The molecular formula is C10H8N6OS. The van der Waals surface area contributed by atoms with Crippen molar-refractivity contribution in [1.29, 1.82) is 0 Å². The van der Waals surface area contributed by atoms with Gasteiger partial charge in [0.2, 0.25) is 5.95 Å². The summed E-state index contributed by atoms with van der Waals surface area (Å²) in [5.74, 6) is 0.111. The summed E-state index contributed by atoms with van der Waals surface area (Å²) < 4.78 is 1.47. The van der Waals surface area contributed by atoms with Crippen molar-refractivity contribution in [2.45, 2.75) is 0 Å². The van der Waals surface area contributed by atoms with Gasteiger partial charge in [0.25, 0.3) is 5.91 Å². The smallest absolute Gasteiger partial charge is 0.269 e. The van der Waals surface area contributed by atoms with E-state index in [1.165, 1.54) is 22.1 Å². The molecule has 0 fully saturated rings. The molecule has 3 rings (SSSR count). The maximum atomic E-state index is 11.0. The van der Waals surface area contributed by atoms with Crippen LogP contribution >= 0.6 is 11.3 Å². The van der Waals surface area contributed by atoms with Gasteiger partial charge in [-0.15, -0.1) is 11.3 Å². The van der Waals surface area contributed by atoms with Crippen LogP contribution in [0.25, 0.3) is 16.0 Å². The van der Waals surface area contributed by atoms with E-state index < -0.39 is 5.91 Å². The second kappa shape index (κ2) is 3.77. The molecule has 0 atom stereocenters. The minimum Gasteiger partial charge on any atom is -0.368 e. The summed E-state index contributed by atoms with van der Waals surface area (Å²) >= 11 is 1.46. The summed E-state index contributed by atoms with van der Waals surface area (Å²) in [6.45, 7) is 0. The first-order valence-corrected chi connectivity index (χ1v) is 5.89. The van der Waals surface area contributed by atoms with Crippen LogP contribution in [0.3, 0.4) is 0 Å².